The second-order valence-corrected chi connectivity index (χ2v) is 5.41. The Labute approximate surface area is 104 Å². The summed E-state index contributed by atoms with van der Waals surface area (Å²) in [6.07, 6.45) is 4.65. The monoisotopic (exact) mass is 233 g/mol. The maximum atomic E-state index is 4.39. The third-order valence-electron chi connectivity index (χ3n) is 2.98. The average Bonchev–Trinajstić information content (AvgIpc) is 3.09. The van der Waals surface area contributed by atoms with E-state index in [1.807, 2.05) is 13.1 Å². The highest BCUT2D eigenvalue weighted by molar-refractivity contribution is 5.51. The SMILES string of the molecule is Cc1cc(NCC(C)C)c(CNC2CC2)cn1. The number of rotatable bonds is 6. The fourth-order valence-corrected chi connectivity index (χ4v) is 1.75. The van der Waals surface area contributed by atoms with Crippen LogP contribution in [0.4, 0.5) is 5.69 Å². The van der Waals surface area contributed by atoms with Crippen molar-refractivity contribution in [1.29, 1.82) is 0 Å². The summed E-state index contributed by atoms with van der Waals surface area (Å²) in [7, 11) is 0. The number of aryl methyl sites for hydroxylation is 1. The van der Waals surface area contributed by atoms with Crippen molar-refractivity contribution in [2.24, 2.45) is 5.92 Å². The van der Waals surface area contributed by atoms with Gasteiger partial charge in [0.15, 0.2) is 0 Å². The molecule has 0 bridgehead atoms. The van der Waals surface area contributed by atoms with Gasteiger partial charge in [0.2, 0.25) is 0 Å². The molecule has 2 N–H and O–H groups in total. The van der Waals surface area contributed by atoms with Crippen molar-refractivity contribution in [3.8, 4) is 0 Å². The van der Waals surface area contributed by atoms with E-state index in [4.69, 9.17) is 0 Å². The van der Waals surface area contributed by atoms with E-state index < -0.39 is 0 Å². The molecule has 0 spiro atoms. The number of nitrogens with one attached hydrogen (secondary N) is 2. The molecule has 0 unspecified atom stereocenters. The minimum absolute atomic E-state index is 0.660. The van der Waals surface area contributed by atoms with Crippen molar-refractivity contribution < 1.29 is 0 Å². The number of hydrogen-bond acceptors (Lipinski definition) is 3. The number of pyridine rings is 1. The molecule has 94 valence electrons. The van der Waals surface area contributed by atoms with Gasteiger partial charge in [0.1, 0.15) is 0 Å². The summed E-state index contributed by atoms with van der Waals surface area (Å²) in [5.74, 6) is 0.660. The van der Waals surface area contributed by atoms with E-state index in [0.717, 1.165) is 24.8 Å². The van der Waals surface area contributed by atoms with Crippen molar-refractivity contribution in [2.75, 3.05) is 11.9 Å². The average molecular weight is 233 g/mol. The first-order chi connectivity index (χ1) is 8.15. The fourth-order valence-electron chi connectivity index (χ4n) is 1.75. The molecule has 3 nitrogen and oxygen atoms in total. The molecular weight excluding hydrogens is 210 g/mol. The number of anilines is 1. The van der Waals surface area contributed by atoms with E-state index >= 15 is 0 Å². The Morgan fingerprint density at radius 1 is 1.41 bits per heavy atom. The van der Waals surface area contributed by atoms with Crippen LogP contribution in [0.15, 0.2) is 12.3 Å². The molecule has 0 radical (unpaired) electrons. The summed E-state index contributed by atoms with van der Waals surface area (Å²) in [5, 5.41) is 7.06. The fraction of sp³-hybridized carbons (Fsp3) is 0.643. The number of nitrogens with zero attached hydrogens (tertiary/aromatic N) is 1. The van der Waals surface area contributed by atoms with E-state index in [0.29, 0.717) is 5.92 Å². The minimum atomic E-state index is 0.660. The maximum absolute atomic E-state index is 4.39. The van der Waals surface area contributed by atoms with E-state index in [-0.39, 0.29) is 0 Å². The molecule has 1 heterocycles. The van der Waals surface area contributed by atoms with Gasteiger partial charge in [-0.05, 0) is 31.7 Å². The normalized spacial score (nSPS) is 15.3. The smallest absolute Gasteiger partial charge is 0.0419 e. The Morgan fingerprint density at radius 3 is 2.82 bits per heavy atom. The highest BCUT2D eigenvalue weighted by atomic mass is 15.0. The van der Waals surface area contributed by atoms with Gasteiger partial charge in [-0.3, -0.25) is 4.98 Å². The number of hydrogen-bond donors (Lipinski definition) is 2. The molecule has 0 atom stereocenters. The topological polar surface area (TPSA) is 37.0 Å². The second-order valence-electron chi connectivity index (χ2n) is 5.41. The van der Waals surface area contributed by atoms with E-state index in [9.17, 15) is 0 Å². The minimum Gasteiger partial charge on any atom is -0.384 e. The Kier molecular flexibility index (Phi) is 4.00. The molecule has 1 aliphatic carbocycles. The van der Waals surface area contributed by atoms with Crippen LogP contribution >= 0.6 is 0 Å². The van der Waals surface area contributed by atoms with Gasteiger partial charge < -0.3 is 10.6 Å². The van der Waals surface area contributed by atoms with E-state index in [2.05, 4.69) is 35.5 Å². The van der Waals surface area contributed by atoms with E-state index in [1.165, 1.54) is 24.1 Å². The standard InChI is InChI=1S/C14H23N3/c1-10(2)7-17-14-6-11(3)15-8-12(14)9-16-13-4-5-13/h6,8,10,13,16H,4-5,7,9H2,1-3H3,(H,15,17). The van der Waals surface area contributed by atoms with Crippen LogP contribution in [0.2, 0.25) is 0 Å². The predicted octanol–water partition coefficient (Wildman–Crippen LogP) is 2.71. The van der Waals surface area contributed by atoms with Crippen LogP contribution in [0.3, 0.4) is 0 Å². The summed E-state index contributed by atoms with van der Waals surface area (Å²) in [6.45, 7) is 8.43. The third kappa shape index (κ3) is 4.00. The molecule has 2 rings (SSSR count). The van der Waals surface area contributed by atoms with Gasteiger partial charge in [0.25, 0.3) is 0 Å². The Bertz CT molecular complexity index is 370. The van der Waals surface area contributed by atoms with Crippen LogP contribution in [0.5, 0.6) is 0 Å². The summed E-state index contributed by atoms with van der Waals surface area (Å²) < 4.78 is 0. The lowest BCUT2D eigenvalue weighted by Gasteiger charge is -2.14. The van der Waals surface area contributed by atoms with Crippen LogP contribution < -0.4 is 10.6 Å². The highest BCUT2D eigenvalue weighted by Gasteiger charge is 2.20. The maximum Gasteiger partial charge on any atom is 0.0419 e. The quantitative estimate of drug-likeness (QED) is 0.793. The lowest BCUT2D eigenvalue weighted by atomic mass is 10.1. The lowest BCUT2D eigenvalue weighted by Crippen LogP contribution is -2.18. The molecule has 1 aliphatic rings. The van der Waals surface area contributed by atoms with Crippen molar-refractivity contribution in [3.63, 3.8) is 0 Å². The summed E-state index contributed by atoms with van der Waals surface area (Å²) in [5.41, 5.74) is 3.59. The molecule has 0 aliphatic heterocycles. The summed E-state index contributed by atoms with van der Waals surface area (Å²) >= 11 is 0. The zero-order valence-corrected chi connectivity index (χ0v) is 11.1. The largest absolute Gasteiger partial charge is 0.384 e. The predicted molar refractivity (Wildman–Crippen MR) is 72.2 cm³/mol. The molecule has 0 amide bonds. The molecule has 1 fully saturated rings. The van der Waals surface area contributed by atoms with Gasteiger partial charge >= 0.3 is 0 Å². The van der Waals surface area contributed by atoms with Crippen molar-refractivity contribution >= 4 is 5.69 Å². The zero-order valence-electron chi connectivity index (χ0n) is 11.1. The van der Waals surface area contributed by atoms with Crippen LogP contribution in [-0.2, 0) is 6.54 Å². The first-order valence-corrected chi connectivity index (χ1v) is 6.58. The Hall–Kier alpha value is -1.09. The van der Waals surface area contributed by atoms with Crippen LogP contribution in [0, 0.1) is 12.8 Å². The summed E-state index contributed by atoms with van der Waals surface area (Å²) in [6, 6.07) is 2.89. The first-order valence-electron chi connectivity index (χ1n) is 6.58. The van der Waals surface area contributed by atoms with Gasteiger partial charge in [0, 0.05) is 42.3 Å². The van der Waals surface area contributed by atoms with Gasteiger partial charge in [0.05, 0.1) is 0 Å². The molecular formula is C14H23N3. The van der Waals surface area contributed by atoms with Crippen molar-refractivity contribution in [3.05, 3.63) is 23.5 Å². The summed E-state index contributed by atoms with van der Waals surface area (Å²) in [4.78, 5) is 4.39. The molecule has 1 aromatic rings. The molecule has 1 aromatic heterocycles. The van der Waals surface area contributed by atoms with Crippen molar-refractivity contribution in [2.45, 2.75) is 46.2 Å². The molecule has 0 aromatic carbocycles. The Balaban J connectivity index is 2.00. The van der Waals surface area contributed by atoms with Gasteiger partial charge in [-0.2, -0.15) is 0 Å². The molecule has 0 saturated heterocycles. The highest BCUT2D eigenvalue weighted by Crippen LogP contribution is 2.21. The first kappa shape index (κ1) is 12.4. The van der Waals surface area contributed by atoms with Gasteiger partial charge in [-0.15, -0.1) is 0 Å². The second kappa shape index (κ2) is 5.50. The Morgan fingerprint density at radius 2 is 2.18 bits per heavy atom. The zero-order chi connectivity index (χ0) is 12.3. The molecule has 3 heteroatoms. The van der Waals surface area contributed by atoms with Crippen LogP contribution in [0.25, 0.3) is 0 Å². The van der Waals surface area contributed by atoms with Crippen LogP contribution in [0.1, 0.15) is 37.9 Å². The van der Waals surface area contributed by atoms with Crippen LogP contribution in [-0.4, -0.2) is 17.6 Å². The van der Waals surface area contributed by atoms with E-state index in [1.54, 1.807) is 0 Å². The van der Waals surface area contributed by atoms with Crippen molar-refractivity contribution in [1.82, 2.24) is 10.3 Å². The molecule has 17 heavy (non-hydrogen) atoms. The third-order valence-corrected chi connectivity index (χ3v) is 2.98. The van der Waals surface area contributed by atoms with Gasteiger partial charge in [-0.1, -0.05) is 13.8 Å². The van der Waals surface area contributed by atoms with Gasteiger partial charge in [-0.25, -0.2) is 0 Å². The lowest BCUT2D eigenvalue weighted by molar-refractivity contribution is 0.675. The molecule has 1 saturated carbocycles. The number of aromatic nitrogens is 1.